The Kier molecular flexibility index (Phi) is 5.79. The molecule has 0 aromatic carbocycles. The van der Waals surface area contributed by atoms with Gasteiger partial charge in [-0.05, 0) is 106 Å². The summed E-state index contributed by atoms with van der Waals surface area (Å²) >= 11 is 0. The van der Waals surface area contributed by atoms with E-state index in [-0.39, 0.29) is 5.41 Å². The molecule has 4 rings (SSSR count). The molecule has 0 saturated heterocycles. The molecule has 0 aromatic rings. The maximum atomic E-state index is 13.4. The molecule has 3 N–H and O–H groups in total. The standard InChI is InChI=1S/C23H38F3NO2/c1-3-29-13-22(28)11-9-15-14(12-22)4-5-17-16(15)8-10-21(2)18(17)6-7-19(21)20(27)23(24,25)26/h14-20,28H,3-13,27H2,1-2H3/t14-,15+,16-,17-,18+,19-,20?,21+,22-/m1/s1. The van der Waals surface area contributed by atoms with Crippen molar-refractivity contribution >= 4 is 0 Å². The summed E-state index contributed by atoms with van der Waals surface area (Å²) in [4.78, 5) is 0. The lowest BCUT2D eigenvalue weighted by molar-refractivity contribution is -0.175. The molecule has 0 bridgehead atoms. The minimum Gasteiger partial charge on any atom is -0.387 e. The lowest BCUT2D eigenvalue weighted by atomic mass is 9.48. The Labute approximate surface area is 172 Å². The first-order valence-electron chi connectivity index (χ1n) is 11.7. The Balaban J connectivity index is 1.47. The maximum absolute atomic E-state index is 13.4. The second-order valence-electron chi connectivity index (χ2n) is 10.8. The van der Waals surface area contributed by atoms with E-state index in [1.165, 1.54) is 0 Å². The number of rotatable bonds is 4. The van der Waals surface area contributed by atoms with Crippen molar-refractivity contribution in [3.63, 3.8) is 0 Å². The van der Waals surface area contributed by atoms with Crippen molar-refractivity contribution in [1.29, 1.82) is 0 Å². The van der Waals surface area contributed by atoms with Gasteiger partial charge in [0.1, 0.15) is 6.04 Å². The predicted molar refractivity (Wildman–Crippen MR) is 106 cm³/mol. The van der Waals surface area contributed by atoms with Gasteiger partial charge in [0.05, 0.1) is 12.2 Å². The highest BCUT2D eigenvalue weighted by Gasteiger charge is 2.61. The van der Waals surface area contributed by atoms with Crippen molar-refractivity contribution in [3.8, 4) is 0 Å². The van der Waals surface area contributed by atoms with E-state index < -0.39 is 23.7 Å². The van der Waals surface area contributed by atoms with Crippen LogP contribution in [-0.4, -0.2) is 36.1 Å². The van der Waals surface area contributed by atoms with Gasteiger partial charge in [0.25, 0.3) is 0 Å². The van der Waals surface area contributed by atoms with Crippen molar-refractivity contribution < 1.29 is 23.0 Å². The minimum atomic E-state index is -4.30. The lowest BCUT2D eigenvalue weighted by Crippen LogP contribution is -2.54. The van der Waals surface area contributed by atoms with E-state index in [0.717, 1.165) is 51.4 Å². The first-order valence-corrected chi connectivity index (χ1v) is 11.7. The fourth-order valence-electron chi connectivity index (χ4n) is 8.24. The molecule has 0 aliphatic heterocycles. The zero-order valence-corrected chi connectivity index (χ0v) is 17.9. The molecular weight excluding hydrogens is 379 g/mol. The van der Waals surface area contributed by atoms with E-state index in [2.05, 4.69) is 6.92 Å². The number of halogens is 3. The number of alkyl halides is 3. The van der Waals surface area contributed by atoms with E-state index in [9.17, 15) is 18.3 Å². The van der Waals surface area contributed by atoms with E-state index in [0.29, 0.717) is 49.2 Å². The summed E-state index contributed by atoms with van der Waals surface area (Å²) in [5.74, 6) is 2.26. The van der Waals surface area contributed by atoms with Gasteiger partial charge in [0.2, 0.25) is 0 Å². The topological polar surface area (TPSA) is 55.5 Å². The first-order chi connectivity index (χ1) is 13.6. The molecule has 0 amide bonds. The predicted octanol–water partition coefficient (Wildman–Crippen LogP) is 4.91. The molecule has 4 aliphatic carbocycles. The van der Waals surface area contributed by atoms with Gasteiger partial charge in [-0.25, -0.2) is 0 Å². The fourth-order valence-corrected chi connectivity index (χ4v) is 8.24. The van der Waals surface area contributed by atoms with Gasteiger partial charge in [0, 0.05) is 6.61 Å². The third-order valence-electron chi connectivity index (χ3n) is 9.56. The Morgan fingerprint density at radius 2 is 1.76 bits per heavy atom. The number of fused-ring (bicyclic) bond motifs is 5. The molecule has 4 saturated carbocycles. The summed E-state index contributed by atoms with van der Waals surface area (Å²) in [6, 6.07) is -1.69. The average molecular weight is 418 g/mol. The Morgan fingerprint density at radius 3 is 2.45 bits per heavy atom. The third-order valence-corrected chi connectivity index (χ3v) is 9.56. The van der Waals surface area contributed by atoms with Crippen LogP contribution in [0.3, 0.4) is 0 Å². The SMILES string of the molecule is CCOC[C@@]1(O)CC[C@H]2[C@H](CC[C@@H]3[C@@H]2CC[C@]2(C)[C@@H](C(N)C(F)(F)F)CC[C@@H]32)C1. The van der Waals surface area contributed by atoms with Crippen molar-refractivity contribution in [3.05, 3.63) is 0 Å². The molecule has 168 valence electrons. The van der Waals surface area contributed by atoms with Crippen LogP contribution >= 0.6 is 0 Å². The summed E-state index contributed by atoms with van der Waals surface area (Å²) in [5, 5.41) is 11.0. The summed E-state index contributed by atoms with van der Waals surface area (Å²) in [6.07, 6.45) is 3.98. The van der Waals surface area contributed by atoms with Crippen LogP contribution in [0.25, 0.3) is 0 Å². The van der Waals surface area contributed by atoms with Gasteiger partial charge in [-0.1, -0.05) is 6.92 Å². The summed E-state index contributed by atoms with van der Waals surface area (Å²) in [6.45, 7) is 5.12. The summed E-state index contributed by atoms with van der Waals surface area (Å²) in [5.41, 5.74) is 4.77. The van der Waals surface area contributed by atoms with Crippen LogP contribution in [0.1, 0.15) is 71.6 Å². The first kappa shape index (κ1) is 21.9. The number of hydrogen-bond acceptors (Lipinski definition) is 3. The van der Waals surface area contributed by atoms with Crippen molar-refractivity contribution in [2.24, 2.45) is 46.7 Å². The van der Waals surface area contributed by atoms with Gasteiger partial charge in [-0.15, -0.1) is 0 Å². The largest absolute Gasteiger partial charge is 0.403 e. The quantitative estimate of drug-likeness (QED) is 0.683. The van der Waals surface area contributed by atoms with E-state index >= 15 is 0 Å². The summed E-state index contributed by atoms with van der Waals surface area (Å²) in [7, 11) is 0. The van der Waals surface area contributed by atoms with Gasteiger partial charge < -0.3 is 15.6 Å². The fraction of sp³-hybridized carbons (Fsp3) is 1.00. The van der Waals surface area contributed by atoms with Gasteiger partial charge in [0.15, 0.2) is 0 Å². The number of hydrogen-bond donors (Lipinski definition) is 2. The molecule has 0 heterocycles. The molecule has 0 spiro atoms. The highest BCUT2D eigenvalue weighted by molar-refractivity contribution is 5.09. The Bertz CT molecular complexity index is 599. The van der Waals surface area contributed by atoms with Gasteiger partial charge in [-0.3, -0.25) is 0 Å². The smallest absolute Gasteiger partial charge is 0.387 e. The van der Waals surface area contributed by atoms with E-state index in [4.69, 9.17) is 10.5 Å². The average Bonchev–Trinajstić information content (AvgIpc) is 3.01. The molecule has 29 heavy (non-hydrogen) atoms. The second kappa shape index (κ2) is 7.67. The Morgan fingerprint density at radius 1 is 1.03 bits per heavy atom. The molecule has 0 radical (unpaired) electrons. The maximum Gasteiger partial charge on any atom is 0.403 e. The van der Waals surface area contributed by atoms with E-state index in [1.54, 1.807) is 0 Å². The van der Waals surface area contributed by atoms with Crippen LogP contribution < -0.4 is 5.73 Å². The summed E-state index contributed by atoms with van der Waals surface area (Å²) < 4.78 is 45.7. The molecule has 4 fully saturated rings. The molecule has 6 heteroatoms. The number of aliphatic hydroxyl groups is 1. The third kappa shape index (κ3) is 3.76. The zero-order chi connectivity index (χ0) is 21.0. The highest BCUT2D eigenvalue weighted by Crippen LogP contribution is 2.65. The normalized spacial score (nSPS) is 48.5. The molecule has 1 unspecified atom stereocenters. The molecule has 4 aliphatic rings. The minimum absolute atomic E-state index is 0.271. The zero-order valence-electron chi connectivity index (χ0n) is 17.9. The molecule has 0 aromatic heterocycles. The van der Waals surface area contributed by atoms with Crippen LogP contribution in [0, 0.1) is 40.9 Å². The van der Waals surface area contributed by atoms with Gasteiger partial charge in [-0.2, -0.15) is 13.2 Å². The monoisotopic (exact) mass is 417 g/mol. The highest BCUT2D eigenvalue weighted by atomic mass is 19.4. The Hall–Kier alpha value is -0.330. The second-order valence-corrected chi connectivity index (χ2v) is 10.8. The molecular formula is C23H38F3NO2. The van der Waals surface area contributed by atoms with Crippen LogP contribution in [0.4, 0.5) is 13.2 Å². The van der Waals surface area contributed by atoms with Crippen molar-refractivity contribution in [1.82, 2.24) is 0 Å². The van der Waals surface area contributed by atoms with Crippen LogP contribution in [0.2, 0.25) is 0 Å². The van der Waals surface area contributed by atoms with Crippen LogP contribution in [0.5, 0.6) is 0 Å². The van der Waals surface area contributed by atoms with Crippen molar-refractivity contribution in [2.45, 2.75) is 89.5 Å². The molecule has 9 atom stereocenters. The van der Waals surface area contributed by atoms with Crippen molar-refractivity contribution in [2.75, 3.05) is 13.2 Å². The van der Waals surface area contributed by atoms with E-state index in [1.807, 2.05) is 6.92 Å². The van der Waals surface area contributed by atoms with Crippen LogP contribution in [-0.2, 0) is 4.74 Å². The number of nitrogens with two attached hydrogens (primary N) is 1. The lowest BCUT2D eigenvalue weighted by Gasteiger charge is -2.57. The van der Waals surface area contributed by atoms with Gasteiger partial charge >= 0.3 is 6.18 Å². The number of ether oxygens (including phenoxy) is 1. The molecule has 3 nitrogen and oxygen atoms in total. The van der Waals surface area contributed by atoms with Crippen LogP contribution in [0.15, 0.2) is 0 Å².